The van der Waals surface area contributed by atoms with Gasteiger partial charge in [0, 0.05) is 22.2 Å². The Hall–Kier alpha value is -0.870. The summed E-state index contributed by atoms with van der Waals surface area (Å²) in [5.74, 6) is -0.261. The van der Waals surface area contributed by atoms with Crippen LogP contribution in [-0.2, 0) is 11.2 Å². The SMILES string of the molecule is CCc1ccc(C(N)CC(C)(C)CC(N)=O)s1. The maximum Gasteiger partial charge on any atom is 0.217 e. The summed E-state index contributed by atoms with van der Waals surface area (Å²) in [5, 5.41) is 0. The van der Waals surface area contributed by atoms with Gasteiger partial charge < -0.3 is 11.5 Å². The third-order valence-corrected chi connectivity index (χ3v) is 4.18. The molecule has 0 fully saturated rings. The molecule has 0 saturated carbocycles. The Morgan fingerprint density at radius 2 is 2.12 bits per heavy atom. The molecule has 1 unspecified atom stereocenters. The minimum absolute atomic E-state index is 0.00495. The molecule has 0 aliphatic rings. The number of thiophene rings is 1. The van der Waals surface area contributed by atoms with E-state index in [1.807, 2.05) is 13.8 Å². The van der Waals surface area contributed by atoms with Crippen LogP contribution in [0.4, 0.5) is 0 Å². The van der Waals surface area contributed by atoms with Crippen molar-refractivity contribution in [3.63, 3.8) is 0 Å². The summed E-state index contributed by atoms with van der Waals surface area (Å²) in [6, 6.07) is 4.21. The number of carbonyl (C=O) groups is 1. The van der Waals surface area contributed by atoms with Crippen LogP contribution in [0.1, 0.15) is 49.4 Å². The maximum atomic E-state index is 11.0. The lowest BCUT2D eigenvalue weighted by Crippen LogP contribution is -2.26. The predicted molar refractivity (Wildman–Crippen MR) is 72.8 cm³/mol. The molecule has 4 N–H and O–H groups in total. The van der Waals surface area contributed by atoms with Crippen LogP contribution in [0.5, 0.6) is 0 Å². The first-order valence-electron chi connectivity index (χ1n) is 5.96. The molecule has 3 nitrogen and oxygen atoms in total. The minimum Gasteiger partial charge on any atom is -0.370 e. The van der Waals surface area contributed by atoms with Crippen molar-refractivity contribution in [2.75, 3.05) is 0 Å². The first-order valence-corrected chi connectivity index (χ1v) is 6.78. The lowest BCUT2D eigenvalue weighted by atomic mass is 9.82. The third-order valence-electron chi connectivity index (χ3n) is 2.82. The highest BCUT2D eigenvalue weighted by atomic mass is 32.1. The molecule has 1 aromatic heterocycles. The standard InChI is InChI=1S/C13H22N2OS/c1-4-9-5-6-11(17-9)10(14)7-13(2,3)8-12(15)16/h5-6,10H,4,7-8,14H2,1-3H3,(H2,15,16). The maximum absolute atomic E-state index is 11.0. The van der Waals surface area contributed by atoms with Gasteiger partial charge in [0.15, 0.2) is 0 Å². The van der Waals surface area contributed by atoms with Crippen molar-refractivity contribution >= 4 is 17.2 Å². The smallest absolute Gasteiger partial charge is 0.217 e. The van der Waals surface area contributed by atoms with Crippen LogP contribution in [0.3, 0.4) is 0 Å². The lowest BCUT2D eigenvalue weighted by molar-refractivity contribution is -0.120. The molecule has 1 aromatic rings. The fourth-order valence-electron chi connectivity index (χ4n) is 2.02. The summed E-state index contributed by atoms with van der Waals surface area (Å²) in [4.78, 5) is 13.5. The fraction of sp³-hybridized carbons (Fsp3) is 0.615. The van der Waals surface area contributed by atoms with E-state index in [4.69, 9.17) is 11.5 Å². The summed E-state index contributed by atoms with van der Waals surface area (Å²) in [6.07, 6.45) is 2.20. The molecule has 0 spiro atoms. The molecule has 4 heteroatoms. The Bertz CT molecular complexity index is 385. The molecular weight excluding hydrogens is 232 g/mol. The first-order chi connectivity index (χ1) is 7.84. The van der Waals surface area contributed by atoms with E-state index in [9.17, 15) is 4.79 Å². The van der Waals surface area contributed by atoms with Gasteiger partial charge in [0.2, 0.25) is 5.91 Å². The van der Waals surface area contributed by atoms with Gasteiger partial charge >= 0.3 is 0 Å². The largest absolute Gasteiger partial charge is 0.370 e. The van der Waals surface area contributed by atoms with Gasteiger partial charge in [-0.15, -0.1) is 11.3 Å². The van der Waals surface area contributed by atoms with E-state index in [1.54, 1.807) is 11.3 Å². The van der Waals surface area contributed by atoms with Crippen molar-refractivity contribution in [1.29, 1.82) is 0 Å². The van der Waals surface area contributed by atoms with Crippen LogP contribution in [0.25, 0.3) is 0 Å². The van der Waals surface area contributed by atoms with Crippen LogP contribution < -0.4 is 11.5 Å². The van der Waals surface area contributed by atoms with Gasteiger partial charge in [0.1, 0.15) is 0 Å². The first kappa shape index (κ1) is 14.2. The van der Waals surface area contributed by atoms with Crippen molar-refractivity contribution in [2.45, 2.75) is 46.1 Å². The summed E-state index contributed by atoms with van der Waals surface area (Å²) >= 11 is 1.76. The second-order valence-electron chi connectivity index (χ2n) is 5.28. The molecule has 0 saturated heterocycles. The summed E-state index contributed by atoms with van der Waals surface area (Å²) in [6.45, 7) is 6.20. The van der Waals surface area contributed by atoms with E-state index in [0.29, 0.717) is 6.42 Å². The molecule has 0 radical (unpaired) electrons. The molecule has 0 aromatic carbocycles. The van der Waals surface area contributed by atoms with E-state index < -0.39 is 0 Å². The molecular formula is C13H22N2OS. The molecule has 96 valence electrons. The van der Waals surface area contributed by atoms with Crippen LogP contribution in [0.2, 0.25) is 0 Å². The molecule has 0 aliphatic heterocycles. The third kappa shape index (κ3) is 4.48. The van der Waals surface area contributed by atoms with E-state index in [2.05, 4.69) is 19.1 Å². The van der Waals surface area contributed by atoms with Crippen molar-refractivity contribution in [3.05, 3.63) is 21.9 Å². The Labute approximate surface area is 107 Å². The predicted octanol–water partition coefficient (Wildman–Crippen LogP) is 2.60. The van der Waals surface area contributed by atoms with Crippen LogP contribution in [0, 0.1) is 5.41 Å². The van der Waals surface area contributed by atoms with Gasteiger partial charge in [-0.25, -0.2) is 0 Å². The number of hydrogen-bond acceptors (Lipinski definition) is 3. The Morgan fingerprint density at radius 1 is 1.47 bits per heavy atom. The van der Waals surface area contributed by atoms with E-state index in [-0.39, 0.29) is 17.4 Å². The van der Waals surface area contributed by atoms with Gasteiger partial charge in [0.05, 0.1) is 0 Å². The van der Waals surface area contributed by atoms with E-state index >= 15 is 0 Å². The highest BCUT2D eigenvalue weighted by molar-refractivity contribution is 7.12. The monoisotopic (exact) mass is 254 g/mol. The van der Waals surface area contributed by atoms with E-state index in [0.717, 1.165) is 12.8 Å². The number of primary amides is 1. The molecule has 0 aliphatic carbocycles. The summed E-state index contributed by atoms with van der Waals surface area (Å²) in [5.41, 5.74) is 11.3. The molecule has 0 bridgehead atoms. The van der Waals surface area contributed by atoms with Crippen molar-refractivity contribution in [1.82, 2.24) is 0 Å². The van der Waals surface area contributed by atoms with E-state index in [1.165, 1.54) is 9.75 Å². The van der Waals surface area contributed by atoms with Crippen LogP contribution in [-0.4, -0.2) is 5.91 Å². The van der Waals surface area contributed by atoms with Crippen molar-refractivity contribution in [3.8, 4) is 0 Å². The fourth-order valence-corrected chi connectivity index (χ4v) is 2.98. The lowest BCUT2D eigenvalue weighted by Gasteiger charge is -2.26. The average Bonchev–Trinajstić information content (AvgIpc) is 2.62. The van der Waals surface area contributed by atoms with Crippen molar-refractivity contribution < 1.29 is 4.79 Å². The van der Waals surface area contributed by atoms with Gasteiger partial charge in [-0.2, -0.15) is 0 Å². The summed E-state index contributed by atoms with van der Waals surface area (Å²) < 4.78 is 0. The van der Waals surface area contributed by atoms with Crippen LogP contribution >= 0.6 is 11.3 Å². The Kier molecular flexibility index (Phi) is 4.71. The quantitative estimate of drug-likeness (QED) is 0.819. The number of hydrogen-bond donors (Lipinski definition) is 2. The molecule has 17 heavy (non-hydrogen) atoms. The number of amides is 1. The van der Waals surface area contributed by atoms with Crippen LogP contribution in [0.15, 0.2) is 12.1 Å². The summed E-state index contributed by atoms with van der Waals surface area (Å²) in [7, 11) is 0. The number of nitrogens with two attached hydrogens (primary N) is 2. The Morgan fingerprint density at radius 3 is 2.59 bits per heavy atom. The highest BCUT2D eigenvalue weighted by Gasteiger charge is 2.25. The number of aryl methyl sites for hydroxylation is 1. The minimum atomic E-state index is -0.261. The molecule has 1 rings (SSSR count). The average molecular weight is 254 g/mol. The number of carbonyl (C=O) groups excluding carboxylic acids is 1. The highest BCUT2D eigenvalue weighted by Crippen LogP contribution is 2.34. The molecule has 1 heterocycles. The Balaban J connectivity index is 2.64. The van der Waals surface area contributed by atoms with Gasteiger partial charge in [-0.1, -0.05) is 20.8 Å². The zero-order valence-corrected chi connectivity index (χ0v) is 11.6. The molecule has 1 amide bonds. The zero-order chi connectivity index (χ0) is 13.1. The van der Waals surface area contributed by atoms with Crippen molar-refractivity contribution in [2.24, 2.45) is 16.9 Å². The normalized spacial score (nSPS) is 13.6. The van der Waals surface area contributed by atoms with Gasteiger partial charge in [-0.3, -0.25) is 4.79 Å². The van der Waals surface area contributed by atoms with Gasteiger partial charge in [-0.05, 0) is 30.4 Å². The number of rotatable bonds is 6. The second-order valence-corrected chi connectivity index (χ2v) is 6.48. The molecule has 1 atom stereocenters. The topological polar surface area (TPSA) is 69.1 Å². The second kappa shape index (κ2) is 5.65. The van der Waals surface area contributed by atoms with Gasteiger partial charge in [0.25, 0.3) is 0 Å². The zero-order valence-electron chi connectivity index (χ0n) is 10.8.